The maximum absolute atomic E-state index is 12.4. The number of rotatable bonds is 5. The van der Waals surface area contributed by atoms with E-state index in [-0.39, 0.29) is 36.4 Å². The molecule has 1 aromatic carbocycles. The second kappa shape index (κ2) is 10.5. The summed E-state index contributed by atoms with van der Waals surface area (Å²) < 4.78 is 0. The minimum Gasteiger partial charge on any atom is -0.357 e. The molecule has 6 heteroatoms. The van der Waals surface area contributed by atoms with Crippen LogP contribution in [0, 0.1) is 0 Å². The van der Waals surface area contributed by atoms with Crippen LogP contribution in [0.2, 0.25) is 0 Å². The third-order valence-electron chi connectivity index (χ3n) is 4.20. The smallest absolute Gasteiger partial charge is 0.244 e. The van der Waals surface area contributed by atoms with Crippen molar-refractivity contribution in [1.29, 1.82) is 0 Å². The van der Waals surface area contributed by atoms with E-state index in [0.717, 1.165) is 25.9 Å². The lowest BCUT2D eigenvalue weighted by atomic mass is 10.00. The zero-order chi connectivity index (χ0) is 16.7. The predicted molar refractivity (Wildman–Crippen MR) is 110 cm³/mol. The summed E-state index contributed by atoms with van der Waals surface area (Å²) in [6.45, 7) is 8.70. The predicted octanol–water partition coefficient (Wildman–Crippen LogP) is 2.54. The average Bonchev–Trinajstić information content (AvgIpc) is 2.59. The summed E-state index contributed by atoms with van der Waals surface area (Å²) in [7, 11) is 0. The average molecular weight is 444 g/mol. The van der Waals surface area contributed by atoms with Crippen molar-refractivity contribution < 1.29 is 4.79 Å². The molecule has 134 valence electrons. The molecule has 0 aliphatic carbocycles. The number of nitrogens with zero attached hydrogens (tertiary/aromatic N) is 2. The summed E-state index contributed by atoms with van der Waals surface area (Å²) in [6.07, 6.45) is 1.94. The van der Waals surface area contributed by atoms with Crippen LogP contribution in [0.3, 0.4) is 0 Å². The lowest BCUT2D eigenvalue weighted by Gasteiger charge is -2.28. The van der Waals surface area contributed by atoms with Crippen molar-refractivity contribution in [2.45, 2.75) is 46.2 Å². The van der Waals surface area contributed by atoms with Crippen LogP contribution in [0.4, 0.5) is 0 Å². The van der Waals surface area contributed by atoms with Crippen molar-refractivity contribution >= 4 is 35.8 Å². The molecular formula is C18H29IN4O. The first-order chi connectivity index (χ1) is 11.1. The molecule has 0 bridgehead atoms. The van der Waals surface area contributed by atoms with E-state index in [1.165, 1.54) is 11.1 Å². The highest BCUT2D eigenvalue weighted by Crippen LogP contribution is 2.18. The van der Waals surface area contributed by atoms with Crippen LogP contribution in [0.5, 0.6) is 0 Å². The van der Waals surface area contributed by atoms with E-state index in [4.69, 9.17) is 0 Å². The largest absolute Gasteiger partial charge is 0.357 e. The van der Waals surface area contributed by atoms with Gasteiger partial charge in [-0.1, -0.05) is 31.2 Å². The molecule has 0 saturated heterocycles. The summed E-state index contributed by atoms with van der Waals surface area (Å²) in [5.74, 6) is 0.800. The maximum Gasteiger partial charge on any atom is 0.244 e. The van der Waals surface area contributed by atoms with E-state index < -0.39 is 0 Å². The second-order valence-electron chi connectivity index (χ2n) is 5.98. The van der Waals surface area contributed by atoms with Crippen LogP contribution >= 0.6 is 24.0 Å². The fraction of sp³-hybridized carbons (Fsp3) is 0.556. The number of hydrogen-bond donors (Lipinski definition) is 2. The number of hydrogen-bond acceptors (Lipinski definition) is 2. The number of aliphatic imine (C=N–C) groups is 1. The molecule has 0 saturated carbocycles. The second-order valence-corrected chi connectivity index (χ2v) is 5.98. The van der Waals surface area contributed by atoms with Gasteiger partial charge in [-0.2, -0.15) is 0 Å². The van der Waals surface area contributed by atoms with E-state index in [2.05, 4.69) is 47.7 Å². The van der Waals surface area contributed by atoms with Gasteiger partial charge in [0.05, 0.1) is 0 Å². The van der Waals surface area contributed by atoms with Crippen molar-refractivity contribution in [3.63, 3.8) is 0 Å². The molecule has 0 spiro atoms. The van der Waals surface area contributed by atoms with E-state index in [9.17, 15) is 4.79 Å². The highest BCUT2D eigenvalue weighted by molar-refractivity contribution is 14.0. The van der Waals surface area contributed by atoms with Gasteiger partial charge in [0.1, 0.15) is 6.54 Å². The summed E-state index contributed by atoms with van der Waals surface area (Å²) in [6, 6.07) is 8.68. The normalized spacial score (nSPS) is 15.1. The molecule has 1 aliphatic heterocycles. The SMILES string of the molecule is CCNC(=NCC(=O)N1CCc2ccccc2C1)NC(C)CC.I. The Hall–Kier alpha value is -1.31. The number of benzene rings is 1. The third kappa shape index (κ3) is 5.96. The van der Waals surface area contributed by atoms with Gasteiger partial charge in [0, 0.05) is 25.7 Å². The summed E-state index contributed by atoms with van der Waals surface area (Å²) in [4.78, 5) is 18.8. The van der Waals surface area contributed by atoms with Crippen molar-refractivity contribution in [1.82, 2.24) is 15.5 Å². The number of fused-ring (bicyclic) bond motifs is 1. The maximum atomic E-state index is 12.4. The van der Waals surface area contributed by atoms with Crippen LogP contribution in [-0.4, -0.2) is 42.4 Å². The van der Waals surface area contributed by atoms with Gasteiger partial charge in [0.25, 0.3) is 0 Å². The third-order valence-corrected chi connectivity index (χ3v) is 4.20. The molecule has 2 rings (SSSR count). The van der Waals surface area contributed by atoms with E-state index in [0.29, 0.717) is 18.5 Å². The Kier molecular flexibility index (Phi) is 9.10. The fourth-order valence-corrected chi connectivity index (χ4v) is 2.61. The molecule has 0 radical (unpaired) electrons. The molecule has 1 amide bonds. The Morgan fingerprint density at radius 1 is 1.29 bits per heavy atom. The van der Waals surface area contributed by atoms with Gasteiger partial charge in [-0.3, -0.25) is 4.79 Å². The summed E-state index contributed by atoms with van der Waals surface area (Å²) in [5.41, 5.74) is 2.60. The lowest BCUT2D eigenvalue weighted by Crippen LogP contribution is -2.43. The highest BCUT2D eigenvalue weighted by Gasteiger charge is 2.20. The molecule has 24 heavy (non-hydrogen) atoms. The van der Waals surface area contributed by atoms with E-state index >= 15 is 0 Å². The van der Waals surface area contributed by atoms with Gasteiger partial charge in [0.15, 0.2) is 5.96 Å². The zero-order valence-corrected chi connectivity index (χ0v) is 17.2. The Balaban J connectivity index is 0.00000288. The van der Waals surface area contributed by atoms with Crippen LogP contribution in [0.15, 0.2) is 29.3 Å². The molecule has 1 unspecified atom stereocenters. The number of amides is 1. The van der Waals surface area contributed by atoms with Crippen molar-refractivity contribution in [2.75, 3.05) is 19.6 Å². The van der Waals surface area contributed by atoms with Gasteiger partial charge >= 0.3 is 0 Å². The molecule has 1 atom stereocenters. The quantitative estimate of drug-likeness (QED) is 0.417. The molecule has 2 N–H and O–H groups in total. The van der Waals surface area contributed by atoms with E-state index in [1.54, 1.807) is 0 Å². The van der Waals surface area contributed by atoms with Gasteiger partial charge in [-0.25, -0.2) is 4.99 Å². The Bertz CT molecular complexity index is 562. The Morgan fingerprint density at radius 2 is 2.00 bits per heavy atom. The molecule has 0 fully saturated rings. The van der Waals surface area contributed by atoms with Crippen LogP contribution < -0.4 is 10.6 Å². The van der Waals surface area contributed by atoms with Crippen LogP contribution in [-0.2, 0) is 17.8 Å². The monoisotopic (exact) mass is 444 g/mol. The number of carbonyl (C=O) groups excluding carboxylic acids is 1. The number of guanidine groups is 1. The summed E-state index contributed by atoms with van der Waals surface area (Å²) >= 11 is 0. The minimum absolute atomic E-state index is 0. The first kappa shape index (κ1) is 20.7. The van der Waals surface area contributed by atoms with E-state index in [1.807, 2.05) is 17.9 Å². The topological polar surface area (TPSA) is 56.7 Å². The number of halogens is 1. The Morgan fingerprint density at radius 3 is 2.67 bits per heavy atom. The minimum atomic E-state index is 0. The van der Waals surface area contributed by atoms with Gasteiger partial charge < -0.3 is 15.5 Å². The number of carbonyl (C=O) groups is 1. The molecule has 1 heterocycles. The first-order valence-electron chi connectivity index (χ1n) is 8.53. The van der Waals surface area contributed by atoms with Gasteiger partial charge in [-0.15, -0.1) is 24.0 Å². The molecule has 1 aliphatic rings. The standard InChI is InChI=1S/C18H28N4O.HI/c1-4-14(3)21-18(19-5-2)20-12-17(23)22-11-10-15-8-6-7-9-16(15)13-22;/h6-9,14H,4-5,10-13H2,1-3H3,(H2,19,20,21);1H. The molecule has 0 aromatic heterocycles. The highest BCUT2D eigenvalue weighted by atomic mass is 127. The van der Waals surface area contributed by atoms with Gasteiger partial charge in [-0.05, 0) is 37.8 Å². The zero-order valence-electron chi connectivity index (χ0n) is 14.8. The summed E-state index contributed by atoms with van der Waals surface area (Å²) in [5, 5.41) is 6.50. The number of nitrogens with one attached hydrogen (secondary N) is 2. The molecule has 5 nitrogen and oxygen atoms in total. The Labute approximate surface area is 162 Å². The first-order valence-corrected chi connectivity index (χ1v) is 8.53. The molecular weight excluding hydrogens is 415 g/mol. The fourth-order valence-electron chi connectivity index (χ4n) is 2.61. The lowest BCUT2D eigenvalue weighted by molar-refractivity contribution is -0.130. The van der Waals surface area contributed by atoms with Crippen LogP contribution in [0.25, 0.3) is 0 Å². The molecule has 1 aromatic rings. The van der Waals surface area contributed by atoms with Crippen LogP contribution in [0.1, 0.15) is 38.3 Å². The van der Waals surface area contributed by atoms with Crippen molar-refractivity contribution in [3.8, 4) is 0 Å². The van der Waals surface area contributed by atoms with Gasteiger partial charge in [0.2, 0.25) is 5.91 Å². The van der Waals surface area contributed by atoms with Crippen molar-refractivity contribution in [2.24, 2.45) is 4.99 Å². The van der Waals surface area contributed by atoms with Crippen molar-refractivity contribution in [3.05, 3.63) is 35.4 Å².